The van der Waals surface area contributed by atoms with Gasteiger partial charge in [0.25, 0.3) is 0 Å². The van der Waals surface area contributed by atoms with E-state index >= 15 is 0 Å². The van der Waals surface area contributed by atoms with Gasteiger partial charge in [0, 0.05) is 49.6 Å². The Kier molecular flexibility index (Phi) is 3.79. The number of pyridine rings is 1. The smallest absolute Gasteiger partial charge is 0.185 e. The van der Waals surface area contributed by atoms with Crippen molar-refractivity contribution < 1.29 is 0 Å². The van der Waals surface area contributed by atoms with E-state index in [2.05, 4.69) is 19.8 Å². The van der Waals surface area contributed by atoms with Crippen molar-refractivity contribution in [2.75, 3.05) is 36.0 Å². The molecule has 2 N–H and O–H groups in total. The lowest BCUT2D eigenvalue weighted by Crippen LogP contribution is -2.46. The molecular formula is C13H15N5S2. The fourth-order valence-electron chi connectivity index (χ4n) is 2.28. The van der Waals surface area contributed by atoms with Crippen molar-refractivity contribution in [1.29, 1.82) is 0 Å². The lowest BCUT2D eigenvalue weighted by molar-refractivity contribution is 0.652. The summed E-state index contributed by atoms with van der Waals surface area (Å²) in [6.07, 6.45) is 3.61. The number of anilines is 2. The van der Waals surface area contributed by atoms with Gasteiger partial charge in [0.1, 0.15) is 4.99 Å². The first-order valence-corrected chi connectivity index (χ1v) is 7.68. The summed E-state index contributed by atoms with van der Waals surface area (Å²) in [5.74, 6) is 0. The fraction of sp³-hybridized carbons (Fsp3) is 0.308. The molecular weight excluding hydrogens is 290 g/mol. The zero-order chi connectivity index (χ0) is 13.9. The lowest BCUT2D eigenvalue weighted by Gasteiger charge is -2.36. The first kappa shape index (κ1) is 13.3. The minimum atomic E-state index is 0.341. The largest absolute Gasteiger partial charge is 0.388 e. The summed E-state index contributed by atoms with van der Waals surface area (Å²) >= 11 is 6.66. The Morgan fingerprint density at radius 1 is 1.15 bits per heavy atom. The molecule has 0 spiro atoms. The van der Waals surface area contributed by atoms with E-state index in [1.54, 1.807) is 17.5 Å². The number of thiazole rings is 1. The van der Waals surface area contributed by atoms with Gasteiger partial charge < -0.3 is 15.5 Å². The number of nitrogens with zero attached hydrogens (tertiary/aromatic N) is 4. The third-order valence-electron chi connectivity index (χ3n) is 3.33. The number of nitrogens with two attached hydrogens (primary N) is 1. The van der Waals surface area contributed by atoms with Crippen LogP contribution >= 0.6 is 23.6 Å². The minimum Gasteiger partial charge on any atom is -0.388 e. The van der Waals surface area contributed by atoms with Crippen molar-refractivity contribution in [1.82, 2.24) is 9.97 Å². The third-order valence-corrected chi connectivity index (χ3v) is 4.37. The first-order chi connectivity index (χ1) is 9.74. The van der Waals surface area contributed by atoms with E-state index in [0.717, 1.165) is 37.0 Å². The van der Waals surface area contributed by atoms with Crippen molar-refractivity contribution in [3.63, 3.8) is 0 Å². The first-order valence-electron chi connectivity index (χ1n) is 6.39. The molecule has 0 atom stereocenters. The quantitative estimate of drug-likeness (QED) is 0.867. The van der Waals surface area contributed by atoms with Crippen LogP contribution in [0.5, 0.6) is 0 Å². The van der Waals surface area contributed by atoms with E-state index in [1.165, 1.54) is 0 Å². The summed E-state index contributed by atoms with van der Waals surface area (Å²) in [7, 11) is 0. The van der Waals surface area contributed by atoms with Crippen LogP contribution in [-0.4, -0.2) is 41.1 Å². The molecule has 1 fully saturated rings. The lowest BCUT2D eigenvalue weighted by atomic mass is 10.2. The van der Waals surface area contributed by atoms with Crippen LogP contribution < -0.4 is 15.5 Å². The predicted octanol–water partition coefficient (Wildman–Crippen LogP) is 1.50. The highest BCUT2D eigenvalue weighted by molar-refractivity contribution is 7.80. The van der Waals surface area contributed by atoms with Gasteiger partial charge in [-0.2, -0.15) is 0 Å². The normalized spacial score (nSPS) is 15.4. The van der Waals surface area contributed by atoms with Gasteiger partial charge in [0.15, 0.2) is 5.13 Å². The summed E-state index contributed by atoms with van der Waals surface area (Å²) in [6, 6.07) is 3.96. The average Bonchev–Trinajstić information content (AvgIpc) is 3.02. The Bertz CT molecular complexity index is 591. The van der Waals surface area contributed by atoms with E-state index < -0.39 is 0 Å². The van der Waals surface area contributed by atoms with E-state index in [-0.39, 0.29) is 0 Å². The molecule has 7 heteroatoms. The van der Waals surface area contributed by atoms with Gasteiger partial charge in [-0.05, 0) is 12.1 Å². The molecule has 0 unspecified atom stereocenters. The Labute approximate surface area is 127 Å². The van der Waals surface area contributed by atoms with Crippen LogP contribution in [0.25, 0.3) is 0 Å². The standard InChI is InChI=1S/C13H15N5S2/c14-12(19)11-9-10(1-2-15-11)17-4-6-18(7-5-17)13-16-3-8-20-13/h1-3,8-9H,4-7H2,(H2,14,19). The van der Waals surface area contributed by atoms with Crippen LogP contribution in [0.4, 0.5) is 10.8 Å². The second-order valence-electron chi connectivity index (χ2n) is 4.55. The Morgan fingerprint density at radius 3 is 2.55 bits per heavy atom. The minimum absolute atomic E-state index is 0.341. The van der Waals surface area contributed by atoms with Crippen molar-refractivity contribution in [2.24, 2.45) is 5.73 Å². The van der Waals surface area contributed by atoms with Crippen LogP contribution in [0, 0.1) is 0 Å². The number of piperazine rings is 1. The molecule has 1 aliphatic heterocycles. The van der Waals surface area contributed by atoms with E-state index in [1.807, 2.05) is 23.7 Å². The van der Waals surface area contributed by atoms with Gasteiger partial charge in [-0.25, -0.2) is 4.98 Å². The second-order valence-corrected chi connectivity index (χ2v) is 5.87. The highest BCUT2D eigenvalue weighted by atomic mass is 32.1. The van der Waals surface area contributed by atoms with Crippen LogP contribution in [0.1, 0.15) is 5.69 Å². The number of hydrogen-bond acceptors (Lipinski definition) is 6. The SMILES string of the molecule is NC(=S)c1cc(N2CCN(c3nccs3)CC2)ccn1. The zero-order valence-corrected chi connectivity index (χ0v) is 12.5. The number of rotatable bonds is 3. The highest BCUT2D eigenvalue weighted by Gasteiger charge is 2.19. The number of hydrogen-bond donors (Lipinski definition) is 1. The molecule has 2 aromatic heterocycles. The molecule has 0 amide bonds. The molecule has 0 saturated carbocycles. The van der Waals surface area contributed by atoms with Crippen LogP contribution in [-0.2, 0) is 0 Å². The summed E-state index contributed by atoms with van der Waals surface area (Å²) in [5.41, 5.74) is 7.44. The maximum Gasteiger partial charge on any atom is 0.185 e. The van der Waals surface area contributed by atoms with E-state index in [0.29, 0.717) is 10.7 Å². The second kappa shape index (κ2) is 5.72. The number of aromatic nitrogens is 2. The molecule has 5 nitrogen and oxygen atoms in total. The van der Waals surface area contributed by atoms with Gasteiger partial charge in [0.05, 0.1) is 5.69 Å². The molecule has 0 bridgehead atoms. The molecule has 20 heavy (non-hydrogen) atoms. The summed E-state index contributed by atoms with van der Waals surface area (Å²) in [6.45, 7) is 3.86. The monoisotopic (exact) mass is 305 g/mol. The molecule has 0 aromatic carbocycles. The average molecular weight is 305 g/mol. The predicted molar refractivity (Wildman–Crippen MR) is 86.7 cm³/mol. The van der Waals surface area contributed by atoms with Crippen LogP contribution in [0.15, 0.2) is 29.9 Å². The Hall–Kier alpha value is -1.73. The summed E-state index contributed by atoms with van der Waals surface area (Å²) < 4.78 is 0. The molecule has 104 valence electrons. The van der Waals surface area contributed by atoms with E-state index in [9.17, 15) is 0 Å². The summed E-state index contributed by atoms with van der Waals surface area (Å²) in [5, 5.41) is 3.11. The molecule has 1 aliphatic rings. The highest BCUT2D eigenvalue weighted by Crippen LogP contribution is 2.22. The molecule has 3 heterocycles. The molecule has 0 radical (unpaired) electrons. The van der Waals surface area contributed by atoms with Crippen molar-refractivity contribution in [2.45, 2.75) is 0 Å². The van der Waals surface area contributed by atoms with Gasteiger partial charge >= 0.3 is 0 Å². The maximum atomic E-state index is 5.63. The van der Waals surface area contributed by atoms with Gasteiger partial charge in [0.2, 0.25) is 0 Å². The van der Waals surface area contributed by atoms with E-state index in [4.69, 9.17) is 18.0 Å². The molecule has 2 aromatic rings. The topological polar surface area (TPSA) is 58.3 Å². The molecule has 3 rings (SSSR count). The van der Waals surface area contributed by atoms with Crippen molar-refractivity contribution in [3.8, 4) is 0 Å². The summed E-state index contributed by atoms with van der Waals surface area (Å²) in [4.78, 5) is 13.5. The Morgan fingerprint density at radius 2 is 1.90 bits per heavy atom. The molecule has 0 aliphatic carbocycles. The molecule has 1 saturated heterocycles. The Balaban J connectivity index is 1.69. The fourth-order valence-corrected chi connectivity index (χ4v) is 3.09. The van der Waals surface area contributed by atoms with Gasteiger partial charge in [-0.1, -0.05) is 12.2 Å². The zero-order valence-electron chi connectivity index (χ0n) is 10.9. The van der Waals surface area contributed by atoms with Crippen molar-refractivity contribution >= 4 is 39.4 Å². The van der Waals surface area contributed by atoms with Gasteiger partial charge in [-0.3, -0.25) is 4.98 Å². The van der Waals surface area contributed by atoms with Crippen LogP contribution in [0.2, 0.25) is 0 Å². The number of thiocarbonyl (C=S) groups is 1. The maximum absolute atomic E-state index is 5.63. The van der Waals surface area contributed by atoms with Gasteiger partial charge in [-0.15, -0.1) is 11.3 Å². The third kappa shape index (κ3) is 2.73. The van der Waals surface area contributed by atoms with Crippen LogP contribution in [0.3, 0.4) is 0 Å². The van der Waals surface area contributed by atoms with Crippen molar-refractivity contribution in [3.05, 3.63) is 35.6 Å².